The normalized spacial score (nSPS) is 17.7. The van der Waals surface area contributed by atoms with Gasteiger partial charge in [-0.2, -0.15) is 5.10 Å². The van der Waals surface area contributed by atoms with Crippen molar-refractivity contribution in [3.05, 3.63) is 6.20 Å². The first-order valence-electron chi connectivity index (χ1n) is 10.6. The number of aromatic nitrogens is 4. The summed E-state index contributed by atoms with van der Waals surface area (Å²) < 4.78 is 1.92. The smallest absolute Gasteiger partial charge is 0.223 e. The highest BCUT2D eigenvalue weighted by molar-refractivity contribution is 7.99. The highest BCUT2D eigenvalue weighted by Gasteiger charge is 2.23. The van der Waals surface area contributed by atoms with E-state index in [1.54, 1.807) is 11.8 Å². The predicted octanol–water partition coefficient (Wildman–Crippen LogP) is 3.24. The summed E-state index contributed by atoms with van der Waals surface area (Å²) in [6, 6.07) is 0. The van der Waals surface area contributed by atoms with Crippen molar-refractivity contribution in [2.24, 2.45) is 5.92 Å². The average Bonchev–Trinajstić information content (AvgIpc) is 3.47. The van der Waals surface area contributed by atoms with Crippen LogP contribution in [0.1, 0.15) is 51.9 Å². The molecule has 2 aliphatic rings. The van der Waals surface area contributed by atoms with Crippen molar-refractivity contribution in [2.75, 3.05) is 30.3 Å². The lowest BCUT2D eigenvalue weighted by Gasteiger charge is -2.18. The van der Waals surface area contributed by atoms with Crippen LogP contribution in [0.3, 0.4) is 0 Å². The molecule has 1 aliphatic heterocycles. The molecule has 28 heavy (non-hydrogen) atoms. The molecule has 0 radical (unpaired) electrons. The monoisotopic (exact) mass is 402 g/mol. The second-order valence-electron chi connectivity index (χ2n) is 7.75. The van der Waals surface area contributed by atoms with Crippen LogP contribution in [0.25, 0.3) is 11.0 Å². The van der Waals surface area contributed by atoms with Crippen molar-refractivity contribution in [2.45, 2.75) is 63.6 Å². The molecule has 0 aromatic carbocycles. The Hall–Kier alpha value is -1.83. The van der Waals surface area contributed by atoms with E-state index in [1.807, 2.05) is 10.9 Å². The summed E-state index contributed by atoms with van der Waals surface area (Å²) in [4.78, 5) is 24.3. The first-order valence-corrected chi connectivity index (χ1v) is 11.6. The van der Waals surface area contributed by atoms with Gasteiger partial charge in [-0.1, -0.05) is 31.5 Å². The first kappa shape index (κ1) is 19.5. The molecule has 4 rings (SSSR count). The van der Waals surface area contributed by atoms with Gasteiger partial charge in [-0.15, -0.1) is 0 Å². The molecule has 1 amide bonds. The SMILES string of the molecule is CCCSc1nc(N2CCCC2)c2cnn(CCNC(=O)C3CCCC3)c2n1. The van der Waals surface area contributed by atoms with Crippen LogP contribution in [-0.4, -0.2) is 51.0 Å². The number of carbonyl (C=O) groups is 1. The van der Waals surface area contributed by atoms with Crippen LogP contribution in [0.15, 0.2) is 11.4 Å². The van der Waals surface area contributed by atoms with E-state index in [2.05, 4.69) is 22.2 Å². The second-order valence-corrected chi connectivity index (χ2v) is 8.81. The summed E-state index contributed by atoms with van der Waals surface area (Å²) in [6.07, 6.45) is 9.82. The minimum Gasteiger partial charge on any atom is -0.356 e. The van der Waals surface area contributed by atoms with E-state index >= 15 is 0 Å². The van der Waals surface area contributed by atoms with Crippen molar-refractivity contribution < 1.29 is 4.79 Å². The fourth-order valence-corrected chi connectivity index (χ4v) is 4.82. The molecule has 2 aromatic heterocycles. The van der Waals surface area contributed by atoms with Crippen LogP contribution >= 0.6 is 11.8 Å². The summed E-state index contributed by atoms with van der Waals surface area (Å²) >= 11 is 1.71. The average molecular weight is 403 g/mol. The summed E-state index contributed by atoms with van der Waals surface area (Å²) in [5.74, 6) is 2.43. The summed E-state index contributed by atoms with van der Waals surface area (Å²) in [5, 5.41) is 9.50. The van der Waals surface area contributed by atoms with Gasteiger partial charge < -0.3 is 10.2 Å². The van der Waals surface area contributed by atoms with Crippen LogP contribution < -0.4 is 10.2 Å². The third-order valence-electron chi connectivity index (χ3n) is 5.65. The molecular weight excluding hydrogens is 372 g/mol. The standard InChI is InChI=1S/C20H30N6OS/c1-2-13-28-20-23-17(25-10-5-6-11-25)16-14-22-26(18(16)24-20)12-9-21-19(27)15-7-3-4-8-15/h14-15H,2-13H2,1H3,(H,21,27). The summed E-state index contributed by atoms with van der Waals surface area (Å²) in [7, 11) is 0. The molecule has 0 bridgehead atoms. The molecule has 2 fully saturated rings. The van der Waals surface area contributed by atoms with Crippen LogP contribution in [-0.2, 0) is 11.3 Å². The minimum absolute atomic E-state index is 0.195. The Kier molecular flexibility index (Phi) is 6.34. The van der Waals surface area contributed by atoms with Gasteiger partial charge in [-0.05, 0) is 32.1 Å². The second kappa shape index (κ2) is 9.11. The van der Waals surface area contributed by atoms with E-state index < -0.39 is 0 Å². The topological polar surface area (TPSA) is 75.9 Å². The Bertz CT molecular complexity index is 810. The lowest BCUT2D eigenvalue weighted by Crippen LogP contribution is -2.32. The van der Waals surface area contributed by atoms with Gasteiger partial charge in [-0.3, -0.25) is 4.79 Å². The number of thioether (sulfide) groups is 1. The number of anilines is 1. The highest BCUT2D eigenvalue weighted by Crippen LogP contribution is 2.29. The van der Waals surface area contributed by atoms with E-state index in [0.717, 1.165) is 60.1 Å². The van der Waals surface area contributed by atoms with Crippen LogP contribution in [0.5, 0.6) is 0 Å². The van der Waals surface area contributed by atoms with E-state index in [-0.39, 0.29) is 11.8 Å². The number of nitrogens with zero attached hydrogens (tertiary/aromatic N) is 5. The van der Waals surface area contributed by atoms with Crippen molar-refractivity contribution >= 4 is 34.5 Å². The number of rotatable bonds is 8. The third kappa shape index (κ3) is 4.26. The van der Waals surface area contributed by atoms with Gasteiger partial charge in [-0.25, -0.2) is 14.6 Å². The van der Waals surface area contributed by atoms with Crippen molar-refractivity contribution in [3.8, 4) is 0 Å². The fourth-order valence-electron chi connectivity index (χ4n) is 4.13. The minimum atomic E-state index is 0.195. The van der Waals surface area contributed by atoms with Crippen LogP contribution in [0.2, 0.25) is 0 Å². The molecule has 8 heteroatoms. The Morgan fingerprint density at radius 2 is 2.00 bits per heavy atom. The van der Waals surface area contributed by atoms with E-state index in [4.69, 9.17) is 9.97 Å². The molecule has 1 aliphatic carbocycles. The number of nitrogens with one attached hydrogen (secondary N) is 1. The number of hydrogen-bond donors (Lipinski definition) is 1. The zero-order valence-corrected chi connectivity index (χ0v) is 17.5. The maximum atomic E-state index is 12.3. The Morgan fingerprint density at radius 3 is 2.75 bits per heavy atom. The van der Waals surface area contributed by atoms with Crippen molar-refractivity contribution in [1.29, 1.82) is 0 Å². The third-order valence-corrected chi connectivity index (χ3v) is 6.70. The van der Waals surface area contributed by atoms with Gasteiger partial charge in [0.1, 0.15) is 5.82 Å². The quantitative estimate of drug-likeness (QED) is 0.540. The number of hydrogen-bond acceptors (Lipinski definition) is 6. The number of amides is 1. The van der Waals surface area contributed by atoms with Gasteiger partial charge in [0.2, 0.25) is 5.91 Å². The maximum Gasteiger partial charge on any atom is 0.223 e. The van der Waals surface area contributed by atoms with Gasteiger partial charge >= 0.3 is 0 Å². The van der Waals surface area contributed by atoms with E-state index in [0.29, 0.717) is 13.1 Å². The van der Waals surface area contributed by atoms with Gasteiger partial charge in [0, 0.05) is 31.3 Å². The van der Waals surface area contributed by atoms with E-state index in [9.17, 15) is 4.79 Å². The Labute approximate surface area is 170 Å². The van der Waals surface area contributed by atoms with Crippen molar-refractivity contribution in [3.63, 3.8) is 0 Å². The number of fused-ring (bicyclic) bond motifs is 1. The van der Waals surface area contributed by atoms with Crippen LogP contribution in [0.4, 0.5) is 5.82 Å². The highest BCUT2D eigenvalue weighted by atomic mass is 32.2. The summed E-state index contributed by atoms with van der Waals surface area (Å²) in [6.45, 7) is 5.49. The number of carbonyl (C=O) groups excluding carboxylic acids is 1. The molecule has 1 N–H and O–H groups in total. The fraction of sp³-hybridized carbons (Fsp3) is 0.700. The van der Waals surface area contributed by atoms with Gasteiger partial charge in [0.25, 0.3) is 0 Å². The van der Waals surface area contributed by atoms with E-state index in [1.165, 1.54) is 25.7 Å². The Morgan fingerprint density at radius 1 is 1.21 bits per heavy atom. The van der Waals surface area contributed by atoms with Crippen molar-refractivity contribution in [1.82, 2.24) is 25.1 Å². The molecule has 1 saturated heterocycles. The lowest BCUT2D eigenvalue weighted by atomic mass is 10.1. The molecule has 3 heterocycles. The lowest BCUT2D eigenvalue weighted by molar-refractivity contribution is -0.124. The van der Waals surface area contributed by atoms with Gasteiger partial charge in [0.05, 0.1) is 18.1 Å². The molecule has 152 valence electrons. The molecular formula is C20H30N6OS. The zero-order valence-electron chi connectivity index (χ0n) is 16.7. The summed E-state index contributed by atoms with van der Waals surface area (Å²) in [5.41, 5.74) is 0.880. The molecule has 0 unspecified atom stereocenters. The van der Waals surface area contributed by atoms with Crippen LogP contribution in [0, 0.1) is 5.92 Å². The Balaban J connectivity index is 1.51. The molecule has 0 atom stereocenters. The van der Waals surface area contributed by atoms with Gasteiger partial charge in [0.15, 0.2) is 10.8 Å². The predicted molar refractivity (Wildman–Crippen MR) is 113 cm³/mol. The zero-order chi connectivity index (χ0) is 19.3. The maximum absolute atomic E-state index is 12.3. The molecule has 2 aromatic rings. The first-order chi connectivity index (χ1) is 13.8. The molecule has 1 saturated carbocycles. The largest absolute Gasteiger partial charge is 0.356 e. The molecule has 0 spiro atoms. The molecule has 7 nitrogen and oxygen atoms in total.